The van der Waals surface area contributed by atoms with Gasteiger partial charge < -0.3 is 10.3 Å². The van der Waals surface area contributed by atoms with Crippen molar-refractivity contribution in [3.63, 3.8) is 0 Å². The molecule has 0 unspecified atom stereocenters. The molecule has 0 aliphatic carbocycles. The fraction of sp³-hybridized carbons (Fsp3) is 0.500. The summed E-state index contributed by atoms with van der Waals surface area (Å²) in [6.07, 6.45) is 1.30. The van der Waals surface area contributed by atoms with Gasteiger partial charge in [-0.15, -0.1) is 0 Å². The number of hydrogen-bond donors (Lipinski definition) is 2. The van der Waals surface area contributed by atoms with E-state index in [1.54, 1.807) is 6.92 Å². The van der Waals surface area contributed by atoms with Crippen molar-refractivity contribution in [2.45, 2.75) is 20.8 Å². The third kappa shape index (κ3) is 3.19. The maximum absolute atomic E-state index is 11.5. The Morgan fingerprint density at radius 3 is 2.80 bits per heavy atom. The van der Waals surface area contributed by atoms with Crippen molar-refractivity contribution in [3.8, 4) is 0 Å². The minimum absolute atomic E-state index is 0.0567. The van der Waals surface area contributed by atoms with Gasteiger partial charge in [0.2, 0.25) is 0 Å². The largest absolute Gasteiger partial charge is 0.352 e. The first-order chi connectivity index (χ1) is 7.00. The molecule has 0 atom stereocenters. The number of rotatable bonds is 3. The predicted molar refractivity (Wildman–Crippen MR) is 56.8 cm³/mol. The van der Waals surface area contributed by atoms with E-state index in [0.717, 1.165) is 0 Å². The van der Waals surface area contributed by atoms with Gasteiger partial charge in [0, 0.05) is 12.7 Å². The van der Waals surface area contributed by atoms with E-state index < -0.39 is 5.56 Å². The third-order valence-corrected chi connectivity index (χ3v) is 1.84. The molecule has 0 saturated carbocycles. The van der Waals surface area contributed by atoms with Crippen LogP contribution < -0.4 is 10.9 Å². The van der Waals surface area contributed by atoms with Crippen LogP contribution in [-0.4, -0.2) is 22.4 Å². The Bertz CT molecular complexity index is 409. The molecule has 0 radical (unpaired) electrons. The summed E-state index contributed by atoms with van der Waals surface area (Å²) in [7, 11) is 0. The number of nitrogens with one attached hydrogen (secondary N) is 2. The molecule has 82 valence electrons. The van der Waals surface area contributed by atoms with Crippen LogP contribution in [0.3, 0.4) is 0 Å². The number of aromatic nitrogens is 2. The molecular formula is C10H15N3O2. The smallest absolute Gasteiger partial charge is 0.263 e. The Morgan fingerprint density at radius 2 is 2.27 bits per heavy atom. The zero-order chi connectivity index (χ0) is 11.4. The van der Waals surface area contributed by atoms with Crippen LogP contribution in [-0.2, 0) is 0 Å². The Hall–Kier alpha value is -1.65. The zero-order valence-corrected chi connectivity index (χ0v) is 9.13. The third-order valence-electron chi connectivity index (χ3n) is 1.84. The second-order valence-corrected chi connectivity index (χ2v) is 3.82. The summed E-state index contributed by atoms with van der Waals surface area (Å²) in [5.41, 5.74) is -0.343. The molecule has 1 rings (SSSR count). The van der Waals surface area contributed by atoms with Gasteiger partial charge in [-0.3, -0.25) is 9.59 Å². The van der Waals surface area contributed by atoms with Gasteiger partial charge in [0.05, 0.1) is 0 Å². The highest BCUT2D eigenvalue weighted by atomic mass is 16.2. The van der Waals surface area contributed by atoms with E-state index in [9.17, 15) is 9.59 Å². The maximum Gasteiger partial charge on any atom is 0.263 e. The second kappa shape index (κ2) is 4.72. The number of amides is 1. The van der Waals surface area contributed by atoms with Crippen molar-refractivity contribution in [2.24, 2.45) is 5.92 Å². The lowest BCUT2D eigenvalue weighted by atomic mass is 10.2. The summed E-state index contributed by atoms with van der Waals surface area (Å²) in [6.45, 7) is 6.18. The molecule has 0 bridgehead atoms. The fourth-order valence-electron chi connectivity index (χ4n) is 1.04. The predicted octanol–water partition coefficient (Wildman–Crippen LogP) is 0.464. The standard InChI is InChI=1S/C10H15N3O2/c1-6(2)4-12-9(14)8-5-11-7(3)13-10(8)15/h5-6H,4H2,1-3H3,(H,12,14)(H,11,13,15). The van der Waals surface area contributed by atoms with Gasteiger partial charge >= 0.3 is 0 Å². The molecule has 1 aromatic heterocycles. The second-order valence-electron chi connectivity index (χ2n) is 3.82. The van der Waals surface area contributed by atoms with E-state index in [-0.39, 0.29) is 11.5 Å². The Balaban J connectivity index is 2.79. The molecule has 2 N–H and O–H groups in total. The van der Waals surface area contributed by atoms with Crippen LogP contribution in [0.4, 0.5) is 0 Å². The van der Waals surface area contributed by atoms with E-state index in [0.29, 0.717) is 18.3 Å². The van der Waals surface area contributed by atoms with E-state index >= 15 is 0 Å². The number of hydrogen-bond acceptors (Lipinski definition) is 3. The van der Waals surface area contributed by atoms with Crippen molar-refractivity contribution in [1.29, 1.82) is 0 Å². The molecule has 5 heteroatoms. The minimum atomic E-state index is -0.399. The van der Waals surface area contributed by atoms with Crippen LogP contribution in [0.1, 0.15) is 30.0 Å². The highest BCUT2D eigenvalue weighted by Crippen LogP contribution is 1.92. The fourth-order valence-corrected chi connectivity index (χ4v) is 1.04. The lowest BCUT2D eigenvalue weighted by Gasteiger charge is -2.06. The van der Waals surface area contributed by atoms with Crippen molar-refractivity contribution in [1.82, 2.24) is 15.3 Å². The van der Waals surface area contributed by atoms with Crippen LogP contribution in [0, 0.1) is 12.8 Å². The number of carbonyl (C=O) groups excluding carboxylic acids is 1. The molecule has 1 heterocycles. The first-order valence-corrected chi connectivity index (χ1v) is 4.85. The molecule has 0 saturated heterocycles. The topological polar surface area (TPSA) is 74.8 Å². The van der Waals surface area contributed by atoms with Gasteiger partial charge in [-0.1, -0.05) is 13.8 Å². The van der Waals surface area contributed by atoms with Crippen LogP contribution in [0.2, 0.25) is 0 Å². The van der Waals surface area contributed by atoms with Gasteiger partial charge in [0.1, 0.15) is 11.4 Å². The first-order valence-electron chi connectivity index (χ1n) is 4.85. The lowest BCUT2D eigenvalue weighted by molar-refractivity contribution is 0.0947. The molecule has 0 aromatic carbocycles. The quantitative estimate of drug-likeness (QED) is 0.759. The Morgan fingerprint density at radius 1 is 1.60 bits per heavy atom. The first kappa shape index (κ1) is 11.4. The maximum atomic E-state index is 11.5. The molecule has 0 aliphatic heterocycles. The van der Waals surface area contributed by atoms with Crippen molar-refractivity contribution in [3.05, 3.63) is 27.9 Å². The summed E-state index contributed by atoms with van der Waals surface area (Å²) >= 11 is 0. The van der Waals surface area contributed by atoms with Gasteiger partial charge in [-0.2, -0.15) is 0 Å². The SMILES string of the molecule is Cc1ncc(C(=O)NCC(C)C)c(=O)[nH]1. The molecular weight excluding hydrogens is 194 g/mol. The zero-order valence-electron chi connectivity index (χ0n) is 9.13. The summed E-state index contributed by atoms with van der Waals surface area (Å²) in [5.74, 6) is 0.476. The van der Waals surface area contributed by atoms with Gasteiger partial charge in [-0.25, -0.2) is 4.98 Å². The summed E-state index contributed by atoms with van der Waals surface area (Å²) in [4.78, 5) is 29.2. The summed E-state index contributed by atoms with van der Waals surface area (Å²) < 4.78 is 0. The lowest BCUT2D eigenvalue weighted by Crippen LogP contribution is -2.32. The minimum Gasteiger partial charge on any atom is -0.352 e. The number of aryl methyl sites for hydroxylation is 1. The molecule has 0 fully saturated rings. The number of nitrogens with zero attached hydrogens (tertiary/aromatic N) is 1. The van der Waals surface area contributed by atoms with Crippen molar-refractivity contribution < 1.29 is 4.79 Å². The normalized spacial score (nSPS) is 10.4. The average Bonchev–Trinajstić information content (AvgIpc) is 2.14. The molecule has 0 spiro atoms. The Kier molecular flexibility index (Phi) is 3.60. The summed E-state index contributed by atoms with van der Waals surface area (Å²) in [5, 5.41) is 2.66. The van der Waals surface area contributed by atoms with E-state index in [1.807, 2.05) is 13.8 Å². The van der Waals surface area contributed by atoms with E-state index in [2.05, 4.69) is 15.3 Å². The average molecular weight is 209 g/mol. The Labute approximate surface area is 87.9 Å². The number of carbonyl (C=O) groups is 1. The van der Waals surface area contributed by atoms with Crippen molar-refractivity contribution in [2.75, 3.05) is 6.54 Å². The van der Waals surface area contributed by atoms with Crippen molar-refractivity contribution >= 4 is 5.91 Å². The van der Waals surface area contributed by atoms with Gasteiger partial charge in [-0.05, 0) is 12.8 Å². The van der Waals surface area contributed by atoms with Crippen LogP contribution >= 0.6 is 0 Å². The molecule has 1 amide bonds. The molecule has 0 aliphatic rings. The number of aromatic amines is 1. The van der Waals surface area contributed by atoms with E-state index in [4.69, 9.17) is 0 Å². The molecule has 5 nitrogen and oxygen atoms in total. The highest BCUT2D eigenvalue weighted by molar-refractivity contribution is 5.93. The molecule has 1 aromatic rings. The highest BCUT2D eigenvalue weighted by Gasteiger charge is 2.10. The summed E-state index contributed by atoms with van der Waals surface area (Å²) in [6, 6.07) is 0. The van der Waals surface area contributed by atoms with Crippen LogP contribution in [0.15, 0.2) is 11.0 Å². The monoisotopic (exact) mass is 209 g/mol. The molecule has 15 heavy (non-hydrogen) atoms. The van der Waals surface area contributed by atoms with Gasteiger partial charge in [0.25, 0.3) is 11.5 Å². The van der Waals surface area contributed by atoms with Gasteiger partial charge in [0.15, 0.2) is 0 Å². The number of H-pyrrole nitrogens is 1. The van der Waals surface area contributed by atoms with E-state index in [1.165, 1.54) is 6.20 Å². The van der Waals surface area contributed by atoms with Crippen LogP contribution in [0.25, 0.3) is 0 Å². The van der Waals surface area contributed by atoms with Crippen LogP contribution in [0.5, 0.6) is 0 Å².